The van der Waals surface area contributed by atoms with Gasteiger partial charge in [-0.1, -0.05) is 0 Å². The number of nitrogens with zero attached hydrogens (tertiary/aromatic N) is 3. The van der Waals surface area contributed by atoms with Gasteiger partial charge in [0.25, 0.3) is 5.56 Å². The molecule has 2 heterocycles. The molecule has 2 N–H and O–H groups in total. The molecule has 2 aromatic rings. The lowest BCUT2D eigenvalue weighted by Gasteiger charge is -2.10. The third-order valence-corrected chi connectivity index (χ3v) is 4.46. The number of nitrogen functional groups attached to an aromatic ring is 1. The molecule has 24 heavy (non-hydrogen) atoms. The summed E-state index contributed by atoms with van der Waals surface area (Å²) in [6.45, 7) is 2.74. The van der Waals surface area contributed by atoms with Crippen molar-refractivity contribution in [3.8, 4) is 0 Å². The second-order valence-electron chi connectivity index (χ2n) is 5.11. The zero-order chi connectivity index (χ0) is 18.2. The van der Waals surface area contributed by atoms with E-state index in [4.69, 9.17) is 10.5 Å². The summed E-state index contributed by atoms with van der Waals surface area (Å²) in [5, 5.41) is 0.696. The number of nitrogens with two attached hydrogens (primary N) is 1. The number of hydrogen-bond acceptors (Lipinski definition) is 8. The molecule has 0 aliphatic heterocycles. The second-order valence-corrected chi connectivity index (χ2v) is 6.32. The van der Waals surface area contributed by atoms with E-state index in [9.17, 15) is 19.2 Å². The van der Waals surface area contributed by atoms with Crippen LogP contribution in [-0.4, -0.2) is 32.5 Å². The molecular formula is C14H16N4O5S. The Balaban J connectivity index is 2.26. The summed E-state index contributed by atoms with van der Waals surface area (Å²) in [6, 6.07) is 0. The number of aryl methyl sites for hydroxylation is 2. The van der Waals surface area contributed by atoms with Gasteiger partial charge < -0.3 is 10.5 Å². The predicted molar refractivity (Wildman–Crippen MR) is 87.5 cm³/mol. The molecule has 9 nitrogen and oxygen atoms in total. The molecule has 2 aromatic heterocycles. The van der Waals surface area contributed by atoms with Gasteiger partial charge in [0.1, 0.15) is 16.3 Å². The fourth-order valence-corrected chi connectivity index (χ4v) is 2.93. The fourth-order valence-electron chi connectivity index (χ4n) is 2.11. The van der Waals surface area contributed by atoms with Gasteiger partial charge in [-0.2, -0.15) is 0 Å². The van der Waals surface area contributed by atoms with Crippen LogP contribution in [0.3, 0.4) is 0 Å². The normalized spacial score (nSPS) is 10.7. The SMILES string of the molecule is Cc1nc(C)c(C(=O)OCC(=O)c2c(N)n(C)c(=O)n(C)c2=O)s1. The van der Waals surface area contributed by atoms with Crippen LogP contribution in [0.25, 0.3) is 0 Å². The van der Waals surface area contributed by atoms with Crippen LogP contribution in [0, 0.1) is 13.8 Å². The maximum absolute atomic E-state index is 12.2. The molecule has 0 aliphatic carbocycles. The van der Waals surface area contributed by atoms with Gasteiger partial charge in [-0.25, -0.2) is 14.6 Å². The van der Waals surface area contributed by atoms with Crippen molar-refractivity contribution in [2.45, 2.75) is 13.8 Å². The summed E-state index contributed by atoms with van der Waals surface area (Å²) in [4.78, 5) is 52.4. The van der Waals surface area contributed by atoms with E-state index in [-0.39, 0.29) is 11.4 Å². The molecule has 0 saturated heterocycles. The molecule has 128 valence electrons. The smallest absolute Gasteiger partial charge is 0.350 e. The van der Waals surface area contributed by atoms with Crippen LogP contribution in [-0.2, 0) is 18.8 Å². The number of carbonyl (C=O) groups excluding carboxylic acids is 2. The summed E-state index contributed by atoms with van der Waals surface area (Å²) in [5.74, 6) is -1.75. The number of anilines is 1. The maximum Gasteiger partial charge on any atom is 0.350 e. The van der Waals surface area contributed by atoms with E-state index in [2.05, 4.69) is 4.98 Å². The van der Waals surface area contributed by atoms with E-state index >= 15 is 0 Å². The zero-order valence-electron chi connectivity index (χ0n) is 13.6. The minimum atomic E-state index is -0.832. The molecule has 0 spiro atoms. The lowest BCUT2D eigenvalue weighted by molar-refractivity contribution is 0.0478. The highest BCUT2D eigenvalue weighted by Crippen LogP contribution is 2.18. The van der Waals surface area contributed by atoms with Crippen molar-refractivity contribution in [3.63, 3.8) is 0 Å². The lowest BCUT2D eigenvalue weighted by atomic mass is 10.2. The second kappa shape index (κ2) is 6.40. The number of aromatic nitrogens is 3. The van der Waals surface area contributed by atoms with E-state index in [0.717, 1.165) is 20.5 Å². The third-order valence-electron chi connectivity index (χ3n) is 3.41. The van der Waals surface area contributed by atoms with Gasteiger partial charge in [-0.05, 0) is 13.8 Å². The van der Waals surface area contributed by atoms with Crippen LogP contribution in [0.15, 0.2) is 9.59 Å². The largest absolute Gasteiger partial charge is 0.453 e. The van der Waals surface area contributed by atoms with E-state index in [0.29, 0.717) is 15.6 Å². The van der Waals surface area contributed by atoms with E-state index < -0.39 is 29.6 Å². The van der Waals surface area contributed by atoms with Gasteiger partial charge >= 0.3 is 11.7 Å². The fraction of sp³-hybridized carbons (Fsp3) is 0.357. The minimum Gasteiger partial charge on any atom is -0.453 e. The predicted octanol–water partition coefficient (Wildman–Crippen LogP) is -0.221. The monoisotopic (exact) mass is 352 g/mol. The highest BCUT2D eigenvalue weighted by molar-refractivity contribution is 7.13. The van der Waals surface area contributed by atoms with Crippen LogP contribution < -0.4 is 17.0 Å². The van der Waals surface area contributed by atoms with Crippen molar-refractivity contribution in [2.24, 2.45) is 14.1 Å². The van der Waals surface area contributed by atoms with Crippen molar-refractivity contribution in [3.05, 3.63) is 42.0 Å². The first-order valence-corrected chi connectivity index (χ1v) is 7.66. The molecule has 2 rings (SSSR count). The first-order chi connectivity index (χ1) is 11.1. The third kappa shape index (κ3) is 3.00. The van der Waals surface area contributed by atoms with Crippen molar-refractivity contribution < 1.29 is 14.3 Å². The Morgan fingerprint density at radius 3 is 2.38 bits per heavy atom. The lowest BCUT2D eigenvalue weighted by Crippen LogP contribution is -2.42. The number of hydrogen-bond donors (Lipinski definition) is 1. The average molecular weight is 352 g/mol. The summed E-state index contributed by atoms with van der Waals surface area (Å²) in [6.07, 6.45) is 0. The molecule has 0 bridgehead atoms. The van der Waals surface area contributed by atoms with E-state index in [1.165, 1.54) is 14.1 Å². The van der Waals surface area contributed by atoms with Gasteiger partial charge in [0.2, 0.25) is 5.78 Å². The average Bonchev–Trinajstić information content (AvgIpc) is 2.87. The number of Topliss-reactive ketones (excluding diaryl/α,β-unsaturated/α-hetero) is 1. The number of esters is 1. The quantitative estimate of drug-likeness (QED) is 0.595. The molecule has 0 atom stereocenters. The van der Waals surface area contributed by atoms with Crippen LogP contribution in [0.1, 0.15) is 30.7 Å². The summed E-state index contributed by atoms with van der Waals surface area (Å²) < 4.78 is 6.69. The first kappa shape index (κ1) is 17.6. The summed E-state index contributed by atoms with van der Waals surface area (Å²) >= 11 is 1.15. The van der Waals surface area contributed by atoms with Gasteiger partial charge in [0, 0.05) is 14.1 Å². The highest BCUT2D eigenvalue weighted by atomic mass is 32.1. The number of carbonyl (C=O) groups is 2. The number of ketones is 1. The highest BCUT2D eigenvalue weighted by Gasteiger charge is 2.23. The van der Waals surface area contributed by atoms with Crippen molar-refractivity contribution in [1.29, 1.82) is 0 Å². The van der Waals surface area contributed by atoms with E-state index in [1.807, 2.05) is 0 Å². The van der Waals surface area contributed by atoms with Crippen molar-refractivity contribution >= 4 is 28.9 Å². The van der Waals surface area contributed by atoms with Gasteiger partial charge in [-0.15, -0.1) is 11.3 Å². The Labute approximate surface area is 140 Å². The number of ether oxygens (including phenoxy) is 1. The summed E-state index contributed by atoms with van der Waals surface area (Å²) in [5.41, 5.74) is 4.32. The number of thiazole rings is 1. The Morgan fingerprint density at radius 2 is 1.83 bits per heavy atom. The molecule has 0 radical (unpaired) electrons. The molecule has 0 saturated carbocycles. The molecule has 0 aliphatic rings. The Kier molecular flexibility index (Phi) is 4.69. The Bertz CT molecular complexity index is 953. The Hall–Kier alpha value is -2.75. The topological polar surface area (TPSA) is 126 Å². The van der Waals surface area contributed by atoms with Crippen LogP contribution in [0.2, 0.25) is 0 Å². The minimum absolute atomic E-state index is 0.269. The first-order valence-electron chi connectivity index (χ1n) is 6.85. The molecule has 0 unspecified atom stereocenters. The molecule has 0 aromatic carbocycles. The van der Waals surface area contributed by atoms with Crippen molar-refractivity contribution in [2.75, 3.05) is 12.3 Å². The Morgan fingerprint density at radius 1 is 1.21 bits per heavy atom. The summed E-state index contributed by atoms with van der Waals surface area (Å²) in [7, 11) is 2.57. The van der Waals surface area contributed by atoms with Gasteiger partial charge in [-0.3, -0.25) is 18.7 Å². The molecule has 10 heteroatoms. The molecule has 0 fully saturated rings. The van der Waals surface area contributed by atoms with Crippen LogP contribution in [0.4, 0.5) is 5.82 Å². The maximum atomic E-state index is 12.2. The van der Waals surface area contributed by atoms with Gasteiger partial charge in [0.05, 0.1) is 10.7 Å². The van der Waals surface area contributed by atoms with Gasteiger partial charge in [0.15, 0.2) is 6.61 Å². The van der Waals surface area contributed by atoms with Crippen molar-refractivity contribution in [1.82, 2.24) is 14.1 Å². The molecule has 0 amide bonds. The zero-order valence-corrected chi connectivity index (χ0v) is 14.4. The standard InChI is InChI=1S/C14H16N4O5S/c1-6-10(24-7(2)16-6)13(21)23-5-8(19)9-11(15)17(3)14(22)18(4)12(9)20/h5,15H2,1-4H3. The molecular weight excluding hydrogens is 336 g/mol. The number of rotatable bonds is 4. The van der Waals surface area contributed by atoms with E-state index in [1.54, 1.807) is 13.8 Å². The van der Waals surface area contributed by atoms with Crippen LogP contribution in [0.5, 0.6) is 0 Å². The van der Waals surface area contributed by atoms with Crippen LogP contribution >= 0.6 is 11.3 Å².